The number of hydrogen-bond donors (Lipinski definition) is 1. The third-order valence-corrected chi connectivity index (χ3v) is 2.22. The summed E-state index contributed by atoms with van der Waals surface area (Å²) >= 11 is 0. The van der Waals surface area contributed by atoms with Gasteiger partial charge in [-0.1, -0.05) is 20.8 Å². The van der Waals surface area contributed by atoms with Crippen molar-refractivity contribution in [3.8, 4) is 0 Å². The van der Waals surface area contributed by atoms with Gasteiger partial charge in [-0.15, -0.1) is 0 Å². The first kappa shape index (κ1) is 11.9. The first-order chi connectivity index (χ1) is 5.79. The van der Waals surface area contributed by atoms with Gasteiger partial charge in [0.05, 0.1) is 6.61 Å². The maximum absolute atomic E-state index is 9.11. The lowest BCUT2D eigenvalue weighted by Gasteiger charge is -2.28. The molecule has 0 aromatic carbocycles. The summed E-state index contributed by atoms with van der Waals surface area (Å²) < 4.78 is 0. The van der Waals surface area contributed by atoms with Crippen molar-refractivity contribution in [1.82, 2.24) is 4.90 Å². The van der Waals surface area contributed by atoms with E-state index in [1.807, 2.05) is 0 Å². The van der Waals surface area contributed by atoms with Crippen molar-refractivity contribution in [3.63, 3.8) is 0 Å². The lowest BCUT2D eigenvalue weighted by Crippen LogP contribution is -2.38. The van der Waals surface area contributed by atoms with Crippen molar-refractivity contribution >= 4 is 0 Å². The highest BCUT2D eigenvalue weighted by molar-refractivity contribution is 4.68. The van der Waals surface area contributed by atoms with E-state index in [-0.39, 0.29) is 0 Å². The predicted molar refractivity (Wildman–Crippen MR) is 53.3 cm³/mol. The van der Waals surface area contributed by atoms with Crippen LogP contribution in [0.5, 0.6) is 0 Å². The van der Waals surface area contributed by atoms with Crippen molar-refractivity contribution in [2.75, 3.05) is 19.7 Å². The molecular weight excluding hydrogens is 150 g/mol. The maximum Gasteiger partial charge on any atom is 0.0586 e. The van der Waals surface area contributed by atoms with E-state index in [9.17, 15) is 0 Å². The Kier molecular flexibility index (Phi) is 7.51. The molecule has 0 unspecified atom stereocenters. The molecule has 0 spiro atoms. The largest absolute Gasteiger partial charge is 0.395 e. The molecule has 0 aliphatic carbocycles. The van der Waals surface area contributed by atoms with Gasteiger partial charge >= 0.3 is 0 Å². The van der Waals surface area contributed by atoms with Crippen LogP contribution < -0.4 is 0 Å². The second kappa shape index (κ2) is 7.56. The van der Waals surface area contributed by atoms with Crippen LogP contribution in [0.3, 0.4) is 0 Å². The highest BCUT2D eigenvalue weighted by Crippen LogP contribution is 2.05. The molecule has 0 fully saturated rings. The fraction of sp³-hybridized carbons (Fsp3) is 1.00. The number of nitrogens with zero attached hydrogens (tertiary/aromatic N) is 1. The highest BCUT2D eigenvalue weighted by Gasteiger charge is 2.13. The van der Waals surface area contributed by atoms with Gasteiger partial charge in [0.25, 0.3) is 0 Å². The summed E-state index contributed by atoms with van der Waals surface area (Å²) in [4.78, 5) is 2.39. The van der Waals surface area contributed by atoms with Crippen LogP contribution in [0.15, 0.2) is 0 Å². The molecule has 0 aromatic heterocycles. The Morgan fingerprint density at radius 2 is 1.58 bits per heavy atom. The number of rotatable bonds is 7. The molecule has 0 amide bonds. The van der Waals surface area contributed by atoms with Crippen molar-refractivity contribution in [2.24, 2.45) is 0 Å². The van der Waals surface area contributed by atoms with Crippen LogP contribution in [0, 0.1) is 0 Å². The van der Waals surface area contributed by atoms with E-state index in [1.54, 1.807) is 0 Å². The molecule has 12 heavy (non-hydrogen) atoms. The van der Waals surface area contributed by atoms with Crippen LogP contribution in [0.4, 0.5) is 0 Å². The molecule has 1 atom stereocenters. The van der Waals surface area contributed by atoms with E-state index >= 15 is 0 Å². The minimum atomic E-state index is 0.302. The van der Waals surface area contributed by atoms with Gasteiger partial charge in [0.15, 0.2) is 0 Å². The van der Waals surface area contributed by atoms with Crippen LogP contribution in [-0.4, -0.2) is 35.7 Å². The molecule has 2 nitrogen and oxygen atoms in total. The molecule has 0 saturated heterocycles. The second-order valence-electron chi connectivity index (χ2n) is 3.28. The maximum atomic E-state index is 9.11. The first-order valence-electron chi connectivity index (χ1n) is 5.14. The molecule has 74 valence electrons. The third kappa shape index (κ3) is 4.07. The van der Waals surface area contributed by atoms with E-state index in [0.29, 0.717) is 12.6 Å². The average Bonchev–Trinajstić information content (AvgIpc) is 2.07. The smallest absolute Gasteiger partial charge is 0.0586 e. The van der Waals surface area contributed by atoms with E-state index in [1.165, 1.54) is 12.8 Å². The van der Waals surface area contributed by atoms with Gasteiger partial charge in [0, 0.05) is 6.04 Å². The van der Waals surface area contributed by atoms with Crippen molar-refractivity contribution in [3.05, 3.63) is 0 Å². The Morgan fingerprint density at radius 1 is 1.08 bits per heavy atom. The summed E-state index contributed by atoms with van der Waals surface area (Å²) in [5, 5.41) is 9.11. The number of aliphatic hydroxyl groups excluding tert-OH is 1. The normalized spacial score (nSPS) is 13.8. The molecule has 0 aliphatic rings. The van der Waals surface area contributed by atoms with E-state index in [2.05, 4.69) is 25.7 Å². The summed E-state index contributed by atoms with van der Waals surface area (Å²) in [6, 6.07) is 0.380. The minimum Gasteiger partial charge on any atom is -0.395 e. The zero-order valence-corrected chi connectivity index (χ0v) is 8.71. The summed E-state index contributed by atoms with van der Waals surface area (Å²) in [6.07, 6.45) is 3.41. The standard InChI is InChI=1S/C10H23NO/c1-4-7-11(8-5-2)10(6-3)9-12/h10,12H,4-9H2,1-3H3/t10-/m0/s1. The molecule has 0 rings (SSSR count). The van der Waals surface area contributed by atoms with Crippen LogP contribution in [0.2, 0.25) is 0 Å². The predicted octanol–water partition coefficient (Wildman–Crippen LogP) is 1.88. The molecule has 0 aliphatic heterocycles. The number of hydrogen-bond acceptors (Lipinski definition) is 2. The molecule has 1 N–H and O–H groups in total. The zero-order chi connectivity index (χ0) is 9.40. The summed E-state index contributed by atoms with van der Waals surface area (Å²) in [5.41, 5.74) is 0. The monoisotopic (exact) mass is 173 g/mol. The van der Waals surface area contributed by atoms with Crippen LogP contribution in [0.25, 0.3) is 0 Å². The van der Waals surface area contributed by atoms with Gasteiger partial charge in [-0.3, -0.25) is 4.90 Å². The fourth-order valence-electron chi connectivity index (χ4n) is 1.55. The molecule has 0 radical (unpaired) electrons. The van der Waals surface area contributed by atoms with Gasteiger partial charge < -0.3 is 5.11 Å². The van der Waals surface area contributed by atoms with Crippen molar-refractivity contribution < 1.29 is 5.11 Å². The molecular formula is C10H23NO. The molecule has 0 aromatic rings. The zero-order valence-electron chi connectivity index (χ0n) is 8.71. The highest BCUT2D eigenvalue weighted by atomic mass is 16.3. The number of aliphatic hydroxyl groups is 1. The topological polar surface area (TPSA) is 23.5 Å². The Labute approximate surface area is 76.6 Å². The summed E-state index contributed by atoms with van der Waals surface area (Å²) in [7, 11) is 0. The van der Waals surface area contributed by atoms with E-state index in [4.69, 9.17) is 5.11 Å². The van der Waals surface area contributed by atoms with Gasteiger partial charge in [0.1, 0.15) is 0 Å². The lowest BCUT2D eigenvalue weighted by atomic mass is 10.2. The van der Waals surface area contributed by atoms with Crippen molar-refractivity contribution in [2.45, 2.75) is 46.1 Å². The Morgan fingerprint density at radius 3 is 1.83 bits per heavy atom. The van der Waals surface area contributed by atoms with E-state index in [0.717, 1.165) is 19.5 Å². The fourth-order valence-corrected chi connectivity index (χ4v) is 1.55. The third-order valence-electron chi connectivity index (χ3n) is 2.22. The Hall–Kier alpha value is -0.0800. The van der Waals surface area contributed by atoms with Gasteiger partial charge in [-0.25, -0.2) is 0 Å². The summed E-state index contributed by atoms with van der Waals surface area (Å²) in [5.74, 6) is 0. The van der Waals surface area contributed by atoms with Crippen LogP contribution >= 0.6 is 0 Å². The van der Waals surface area contributed by atoms with Gasteiger partial charge in [-0.2, -0.15) is 0 Å². The average molecular weight is 173 g/mol. The van der Waals surface area contributed by atoms with Crippen LogP contribution in [-0.2, 0) is 0 Å². The SMILES string of the molecule is CCCN(CCC)[C@@H](CC)CO. The molecule has 0 bridgehead atoms. The van der Waals surface area contributed by atoms with E-state index < -0.39 is 0 Å². The Balaban J connectivity index is 3.86. The summed E-state index contributed by atoms with van der Waals surface area (Å²) in [6.45, 7) is 9.05. The second-order valence-corrected chi connectivity index (χ2v) is 3.28. The molecule has 0 heterocycles. The van der Waals surface area contributed by atoms with Crippen molar-refractivity contribution in [1.29, 1.82) is 0 Å². The van der Waals surface area contributed by atoms with Crippen LogP contribution in [0.1, 0.15) is 40.0 Å². The van der Waals surface area contributed by atoms with Gasteiger partial charge in [-0.05, 0) is 32.4 Å². The molecule has 2 heteroatoms. The first-order valence-corrected chi connectivity index (χ1v) is 5.14. The quantitative estimate of drug-likeness (QED) is 0.635. The van der Waals surface area contributed by atoms with Gasteiger partial charge in [0.2, 0.25) is 0 Å². The molecule has 0 saturated carbocycles. The minimum absolute atomic E-state index is 0.302. The lowest BCUT2D eigenvalue weighted by molar-refractivity contribution is 0.119. The Bertz CT molecular complexity index is 85.8.